The molecule has 6 heteroatoms. The van der Waals surface area contributed by atoms with E-state index in [1.807, 2.05) is 12.1 Å². The molecular weight excluding hydrogens is 326 g/mol. The minimum atomic E-state index is -0.210. The molecule has 134 valence electrons. The minimum absolute atomic E-state index is 0.0139. The van der Waals surface area contributed by atoms with Gasteiger partial charge in [-0.2, -0.15) is 0 Å². The summed E-state index contributed by atoms with van der Waals surface area (Å²) in [6, 6.07) is 6.15. The number of nitrogens with one attached hydrogen (secondary N) is 1. The first-order valence-electron chi connectivity index (χ1n) is 8.78. The van der Waals surface area contributed by atoms with Crippen LogP contribution in [0.3, 0.4) is 0 Å². The molecular formula is C20H23N5O. The summed E-state index contributed by atoms with van der Waals surface area (Å²) in [7, 11) is 0. The molecule has 0 fully saturated rings. The maximum absolute atomic E-state index is 5.38. The second-order valence-electron chi connectivity index (χ2n) is 8.44. The fourth-order valence-corrected chi connectivity index (χ4v) is 3.33. The van der Waals surface area contributed by atoms with Gasteiger partial charge < -0.3 is 9.40 Å². The zero-order valence-electron chi connectivity index (χ0n) is 15.8. The van der Waals surface area contributed by atoms with E-state index in [1.165, 1.54) is 12.0 Å². The van der Waals surface area contributed by atoms with Gasteiger partial charge in [-0.25, -0.2) is 19.9 Å². The van der Waals surface area contributed by atoms with Crippen molar-refractivity contribution < 1.29 is 4.42 Å². The Morgan fingerprint density at radius 1 is 1.04 bits per heavy atom. The average Bonchev–Trinajstić information content (AvgIpc) is 3.20. The van der Waals surface area contributed by atoms with Crippen LogP contribution in [-0.2, 0) is 17.3 Å². The van der Waals surface area contributed by atoms with Gasteiger partial charge in [0.05, 0.1) is 17.5 Å². The second kappa shape index (κ2) is 5.62. The van der Waals surface area contributed by atoms with Gasteiger partial charge in [0.25, 0.3) is 0 Å². The Kier molecular flexibility index (Phi) is 3.61. The molecule has 0 radical (unpaired) electrons. The lowest BCUT2D eigenvalue weighted by Crippen LogP contribution is -2.26. The summed E-state index contributed by atoms with van der Waals surface area (Å²) in [4.78, 5) is 21.2. The molecule has 0 aliphatic rings. The molecule has 4 aromatic heterocycles. The molecule has 0 atom stereocenters. The molecule has 0 saturated carbocycles. The van der Waals surface area contributed by atoms with Gasteiger partial charge in [-0.15, -0.1) is 0 Å². The molecule has 0 aliphatic heterocycles. The van der Waals surface area contributed by atoms with Crippen LogP contribution in [-0.4, -0.2) is 24.9 Å². The Morgan fingerprint density at radius 3 is 2.62 bits per heavy atom. The number of hydrogen-bond donors (Lipinski definition) is 1. The first-order valence-corrected chi connectivity index (χ1v) is 8.78. The lowest BCUT2D eigenvalue weighted by molar-refractivity contribution is 0.483. The van der Waals surface area contributed by atoms with E-state index < -0.39 is 0 Å². The predicted octanol–water partition coefficient (Wildman–Crippen LogP) is 4.31. The van der Waals surface area contributed by atoms with Crippen LogP contribution in [0.4, 0.5) is 0 Å². The summed E-state index contributed by atoms with van der Waals surface area (Å²) < 4.78 is 5.38. The molecule has 0 saturated heterocycles. The maximum Gasteiger partial charge on any atom is 0.246 e. The number of rotatable bonds is 3. The summed E-state index contributed by atoms with van der Waals surface area (Å²) in [5.74, 6) is 0. The number of hydrogen-bond acceptors (Lipinski definition) is 5. The zero-order chi connectivity index (χ0) is 18.5. The van der Waals surface area contributed by atoms with Crippen molar-refractivity contribution in [2.45, 2.75) is 51.9 Å². The first-order chi connectivity index (χ1) is 12.2. The number of imidazole rings is 1. The zero-order valence-corrected chi connectivity index (χ0v) is 15.8. The van der Waals surface area contributed by atoms with Crippen molar-refractivity contribution in [2.75, 3.05) is 0 Å². The summed E-state index contributed by atoms with van der Waals surface area (Å²) in [5.41, 5.74) is 6.09. The van der Waals surface area contributed by atoms with Crippen LogP contribution >= 0.6 is 0 Å². The smallest absolute Gasteiger partial charge is 0.246 e. The van der Waals surface area contributed by atoms with Gasteiger partial charge in [0.15, 0.2) is 12.0 Å². The third-order valence-corrected chi connectivity index (χ3v) is 4.80. The SMILES string of the molecule is CC(C)(C)c1cc2[nH]cnc2nc1CC(C)(C)c1ccc2ncoc2n1. The van der Waals surface area contributed by atoms with Crippen LogP contribution in [0.2, 0.25) is 0 Å². The van der Waals surface area contributed by atoms with Crippen LogP contribution in [0, 0.1) is 0 Å². The van der Waals surface area contributed by atoms with Crippen molar-refractivity contribution in [3.05, 3.63) is 47.9 Å². The van der Waals surface area contributed by atoms with Gasteiger partial charge >= 0.3 is 0 Å². The number of nitrogens with zero attached hydrogens (tertiary/aromatic N) is 4. The van der Waals surface area contributed by atoms with Crippen LogP contribution in [0.1, 0.15) is 51.6 Å². The molecule has 0 unspecified atom stereocenters. The first kappa shape index (κ1) is 16.7. The molecule has 6 nitrogen and oxygen atoms in total. The van der Waals surface area contributed by atoms with E-state index in [1.54, 1.807) is 6.33 Å². The second-order valence-corrected chi connectivity index (χ2v) is 8.44. The van der Waals surface area contributed by atoms with Crippen molar-refractivity contribution in [2.24, 2.45) is 0 Å². The number of aromatic nitrogens is 5. The molecule has 1 N–H and O–H groups in total. The Bertz CT molecular complexity index is 1080. The normalized spacial score (nSPS) is 13.0. The van der Waals surface area contributed by atoms with E-state index in [9.17, 15) is 0 Å². The lowest BCUT2D eigenvalue weighted by Gasteiger charge is -2.28. The molecule has 0 amide bonds. The van der Waals surface area contributed by atoms with Gasteiger partial charge in [0, 0.05) is 17.5 Å². The number of aromatic amines is 1. The topological polar surface area (TPSA) is 80.5 Å². The molecule has 26 heavy (non-hydrogen) atoms. The third kappa shape index (κ3) is 2.85. The number of pyridine rings is 2. The van der Waals surface area contributed by atoms with Gasteiger partial charge in [-0.1, -0.05) is 34.6 Å². The standard InChI is InChI=1S/C20H23N5O/c1-19(2,3)12-8-14-17(22-10-21-14)24-15(12)9-20(4,5)16-7-6-13-18(25-16)26-11-23-13/h6-8,10-11H,9H2,1-5H3,(H,21,22,24). The summed E-state index contributed by atoms with van der Waals surface area (Å²) in [6.07, 6.45) is 3.88. The Morgan fingerprint density at radius 2 is 1.85 bits per heavy atom. The highest BCUT2D eigenvalue weighted by atomic mass is 16.3. The van der Waals surface area contributed by atoms with Gasteiger partial charge in [0.2, 0.25) is 5.71 Å². The van der Waals surface area contributed by atoms with Gasteiger partial charge in [0.1, 0.15) is 5.52 Å². The Hall–Kier alpha value is -2.76. The molecule has 4 aromatic rings. The van der Waals surface area contributed by atoms with Crippen LogP contribution in [0.25, 0.3) is 22.4 Å². The number of oxazole rings is 1. The largest absolute Gasteiger partial charge is 0.425 e. The predicted molar refractivity (Wildman–Crippen MR) is 101 cm³/mol. The van der Waals surface area contributed by atoms with E-state index in [0.717, 1.165) is 34.5 Å². The summed E-state index contributed by atoms with van der Waals surface area (Å²) in [6.45, 7) is 11.0. The van der Waals surface area contributed by atoms with E-state index in [4.69, 9.17) is 9.40 Å². The van der Waals surface area contributed by atoms with Gasteiger partial charge in [-0.05, 0) is 29.2 Å². The highest BCUT2D eigenvalue weighted by Gasteiger charge is 2.29. The van der Waals surface area contributed by atoms with E-state index in [2.05, 4.69) is 60.6 Å². The van der Waals surface area contributed by atoms with Crippen LogP contribution < -0.4 is 0 Å². The Labute approximate surface area is 152 Å². The maximum atomic E-state index is 5.38. The van der Waals surface area contributed by atoms with Gasteiger partial charge in [-0.3, -0.25) is 0 Å². The Balaban J connectivity index is 1.79. The molecule has 0 aromatic carbocycles. The lowest BCUT2D eigenvalue weighted by atomic mass is 9.78. The monoisotopic (exact) mass is 349 g/mol. The fraction of sp³-hybridized carbons (Fsp3) is 0.400. The van der Waals surface area contributed by atoms with E-state index >= 15 is 0 Å². The van der Waals surface area contributed by atoms with E-state index in [-0.39, 0.29) is 10.8 Å². The van der Waals surface area contributed by atoms with Crippen molar-refractivity contribution in [1.29, 1.82) is 0 Å². The van der Waals surface area contributed by atoms with Crippen molar-refractivity contribution in [3.63, 3.8) is 0 Å². The highest BCUT2D eigenvalue weighted by molar-refractivity contribution is 5.72. The summed E-state index contributed by atoms with van der Waals surface area (Å²) in [5, 5.41) is 0. The molecule has 4 rings (SSSR count). The quantitative estimate of drug-likeness (QED) is 0.596. The average molecular weight is 349 g/mol. The van der Waals surface area contributed by atoms with E-state index in [0.29, 0.717) is 5.71 Å². The molecule has 4 heterocycles. The number of H-pyrrole nitrogens is 1. The minimum Gasteiger partial charge on any atom is -0.425 e. The van der Waals surface area contributed by atoms with Crippen molar-refractivity contribution in [3.8, 4) is 0 Å². The third-order valence-electron chi connectivity index (χ3n) is 4.80. The summed E-state index contributed by atoms with van der Waals surface area (Å²) >= 11 is 0. The van der Waals surface area contributed by atoms with Crippen molar-refractivity contribution >= 4 is 22.4 Å². The van der Waals surface area contributed by atoms with Crippen molar-refractivity contribution in [1.82, 2.24) is 24.9 Å². The van der Waals surface area contributed by atoms with Crippen LogP contribution in [0.15, 0.2) is 35.3 Å². The fourth-order valence-electron chi connectivity index (χ4n) is 3.33. The highest BCUT2D eigenvalue weighted by Crippen LogP contribution is 2.33. The molecule has 0 aliphatic carbocycles. The molecule has 0 spiro atoms. The number of fused-ring (bicyclic) bond motifs is 2. The molecule has 0 bridgehead atoms. The van der Waals surface area contributed by atoms with Crippen LogP contribution in [0.5, 0.6) is 0 Å².